The maximum atomic E-state index is 12.3. The van der Waals surface area contributed by atoms with E-state index in [0.717, 1.165) is 37.5 Å². The Morgan fingerprint density at radius 1 is 1.32 bits per heavy atom. The zero-order valence-corrected chi connectivity index (χ0v) is 14.6. The minimum absolute atomic E-state index is 0.152. The number of nitriles is 1. The molecule has 6 heteroatoms. The van der Waals surface area contributed by atoms with E-state index in [1.165, 1.54) is 18.2 Å². The molecule has 1 aliphatic carbocycles. The van der Waals surface area contributed by atoms with Crippen LogP contribution in [0.15, 0.2) is 34.2 Å². The summed E-state index contributed by atoms with van der Waals surface area (Å²) in [6, 6.07) is 9.37. The molecule has 128 valence electrons. The Labute approximate surface area is 150 Å². The van der Waals surface area contributed by atoms with Gasteiger partial charge < -0.3 is 4.98 Å². The van der Waals surface area contributed by atoms with Crippen molar-refractivity contribution in [2.45, 2.75) is 48.9 Å². The number of hydrogen-bond donors (Lipinski definition) is 1. The molecule has 1 aliphatic rings. The highest BCUT2D eigenvalue weighted by molar-refractivity contribution is 7.98. The van der Waals surface area contributed by atoms with Crippen LogP contribution in [0.1, 0.15) is 65.2 Å². The summed E-state index contributed by atoms with van der Waals surface area (Å²) in [6.07, 6.45) is 6.22. The molecule has 1 N–H and O–H groups in total. The van der Waals surface area contributed by atoms with Crippen LogP contribution in [0.5, 0.6) is 0 Å². The van der Waals surface area contributed by atoms with Crippen molar-refractivity contribution < 1.29 is 4.79 Å². The highest BCUT2D eigenvalue weighted by Gasteiger charge is 2.23. The van der Waals surface area contributed by atoms with Gasteiger partial charge in [-0.2, -0.15) is 5.26 Å². The van der Waals surface area contributed by atoms with Crippen LogP contribution in [-0.4, -0.2) is 16.3 Å². The van der Waals surface area contributed by atoms with E-state index in [-0.39, 0.29) is 17.0 Å². The molecule has 1 heterocycles. The Balaban J connectivity index is 1.84. The second-order valence-corrected chi connectivity index (χ2v) is 7.19. The average Bonchev–Trinajstić information content (AvgIpc) is 2.66. The molecule has 25 heavy (non-hydrogen) atoms. The van der Waals surface area contributed by atoms with E-state index in [2.05, 4.69) is 9.97 Å². The van der Waals surface area contributed by atoms with E-state index in [4.69, 9.17) is 0 Å². The summed E-state index contributed by atoms with van der Waals surface area (Å²) in [5, 5.41) is 9.87. The highest BCUT2D eigenvalue weighted by atomic mass is 32.2. The fraction of sp³-hybridized carbons (Fsp3) is 0.368. The van der Waals surface area contributed by atoms with Gasteiger partial charge in [0.25, 0.3) is 5.56 Å². The van der Waals surface area contributed by atoms with Gasteiger partial charge in [0, 0.05) is 17.2 Å². The molecule has 1 fully saturated rings. The Kier molecular flexibility index (Phi) is 5.67. The van der Waals surface area contributed by atoms with Gasteiger partial charge >= 0.3 is 0 Å². The molecule has 0 radical (unpaired) electrons. The zero-order chi connectivity index (χ0) is 17.6. The summed E-state index contributed by atoms with van der Waals surface area (Å²) >= 11 is 1.41. The van der Waals surface area contributed by atoms with Crippen molar-refractivity contribution in [2.24, 2.45) is 0 Å². The minimum Gasteiger partial charge on any atom is -0.300 e. The summed E-state index contributed by atoms with van der Waals surface area (Å²) in [4.78, 5) is 30.4. The summed E-state index contributed by atoms with van der Waals surface area (Å²) in [6.45, 7) is 0. The first-order valence-electron chi connectivity index (χ1n) is 8.42. The van der Waals surface area contributed by atoms with Crippen LogP contribution in [0.3, 0.4) is 0 Å². The molecule has 0 bridgehead atoms. The number of aldehydes is 1. The standard InChI is InChI=1S/C19H19N3O2S/c20-10-16-17(15-7-2-1-3-8-15)21-19(22-18(16)24)25-12-14-6-4-5-13(9-14)11-23/h4-6,9,11,15H,1-3,7-8,12H2,(H,21,22,24). The zero-order valence-electron chi connectivity index (χ0n) is 13.8. The lowest BCUT2D eigenvalue weighted by Gasteiger charge is -2.21. The van der Waals surface area contributed by atoms with Crippen LogP contribution in [0.25, 0.3) is 0 Å². The van der Waals surface area contributed by atoms with Crippen LogP contribution in [0.2, 0.25) is 0 Å². The normalized spacial score (nSPS) is 14.8. The van der Waals surface area contributed by atoms with Gasteiger partial charge in [-0.1, -0.05) is 49.2 Å². The molecule has 1 aromatic heterocycles. The molecule has 0 aliphatic heterocycles. The molecule has 0 amide bonds. The third-order valence-electron chi connectivity index (χ3n) is 4.49. The molecule has 1 saturated carbocycles. The van der Waals surface area contributed by atoms with Gasteiger partial charge in [0.05, 0.1) is 5.69 Å². The molecule has 3 rings (SSSR count). The SMILES string of the molecule is N#Cc1c(C2CCCCC2)nc(SCc2cccc(C=O)c2)[nH]c1=O. The summed E-state index contributed by atoms with van der Waals surface area (Å²) in [5.74, 6) is 0.795. The first-order chi connectivity index (χ1) is 12.2. The quantitative estimate of drug-likeness (QED) is 0.502. The van der Waals surface area contributed by atoms with Gasteiger partial charge in [0.15, 0.2) is 5.16 Å². The van der Waals surface area contributed by atoms with Gasteiger partial charge in [-0.05, 0) is 24.5 Å². The van der Waals surface area contributed by atoms with Gasteiger partial charge in [0.2, 0.25) is 0 Å². The van der Waals surface area contributed by atoms with Crippen molar-refractivity contribution in [1.82, 2.24) is 9.97 Å². The number of aromatic nitrogens is 2. The van der Waals surface area contributed by atoms with Crippen LogP contribution in [-0.2, 0) is 5.75 Å². The van der Waals surface area contributed by atoms with Crippen LogP contribution in [0, 0.1) is 11.3 Å². The summed E-state index contributed by atoms with van der Waals surface area (Å²) < 4.78 is 0. The molecule has 0 saturated heterocycles. The van der Waals surface area contributed by atoms with Crippen molar-refractivity contribution in [3.63, 3.8) is 0 Å². The molecule has 2 aromatic rings. The number of rotatable bonds is 5. The first kappa shape index (κ1) is 17.4. The van der Waals surface area contributed by atoms with E-state index in [1.807, 2.05) is 24.3 Å². The average molecular weight is 353 g/mol. The van der Waals surface area contributed by atoms with Crippen molar-refractivity contribution in [3.05, 3.63) is 57.0 Å². The van der Waals surface area contributed by atoms with Crippen molar-refractivity contribution >= 4 is 18.0 Å². The van der Waals surface area contributed by atoms with Crippen LogP contribution in [0.4, 0.5) is 0 Å². The van der Waals surface area contributed by atoms with Gasteiger partial charge in [-0.15, -0.1) is 0 Å². The van der Waals surface area contributed by atoms with Crippen molar-refractivity contribution in [3.8, 4) is 6.07 Å². The molecule has 0 unspecified atom stereocenters. The van der Waals surface area contributed by atoms with Crippen molar-refractivity contribution in [1.29, 1.82) is 5.26 Å². The second kappa shape index (κ2) is 8.13. The second-order valence-electron chi connectivity index (χ2n) is 6.23. The van der Waals surface area contributed by atoms with Crippen molar-refractivity contribution in [2.75, 3.05) is 0 Å². The van der Waals surface area contributed by atoms with E-state index in [1.54, 1.807) is 6.07 Å². The molecule has 0 atom stereocenters. The smallest absolute Gasteiger partial charge is 0.269 e. The maximum absolute atomic E-state index is 12.3. The summed E-state index contributed by atoms with van der Waals surface area (Å²) in [5.41, 5.74) is 2.06. The number of H-pyrrole nitrogens is 1. The predicted octanol–water partition coefficient (Wildman–Crippen LogP) is 3.79. The Bertz CT molecular complexity index is 864. The lowest BCUT2D eigenvalue weighted by Crippen LogP contribution is -2.20. The number of carbonyl (C=O) groups excluding carboxylic acids is 1. The van der Waals surface area contributed by atoms with Gasteiger partial charge in [-0.25, -0.2) is 4.98 Å². The number of hydrogen-bond acceptors (Lipinski definition) is 5. The lowest BCUT2D eigenvalue weighted by atomic mass is 9.85. The molecular weight excluding hydrogens is 334 g/mol. The Morgan fingerprint density at radius 3 is 2.84 bits per heavy atom. The number of nitrogens with one attached hydrogen (secondary N) is 1. The van der Waals surface area contributed by atoms with Gasteiger partial charge in [-0.3, -0.25) is 9.59 Å². The van der Waals surface area contributed by atoms with Gasteiger partial charge in [0.1, 0.15) is 17.9 Å². The van der Waals surface area contributed by atoms with E-state index in [9.17, 15) is 14.9 Å². The Hall–Kier alpha value is -2.39. The third kappa shape index (κ3) is 4.18. The Morgan fingerprint density at radius 2 is 2.12 bits per heavy atom. The number of nitrogens with zero attached hydrogens (tertiary/aromatic N) is 2. The molecule has 1 aromatic carbocycles. The number of aromatic amines is 1. The van der Waals surface area contributed by atoms with E-state index < -0.39 is 0 Å². The van der Waals surface area contributed by atoms with Crippen LogP contribution < -0.4 is 5.56 Å². The molecule has 0 spiro atoms. The molecule has 5 nitrogen and oxygen atoms in total. The van der Waals surface area contributed by atoms with E-state index in [0.29, 0.717) is 22.2 Å². The fourth-order valence-electron chi connectivity index (χ4n) is 3.22. The highest BCUT2D eigenvalue weighted by Crippen LogP contribution is 2.33. The lowest BCUT2D eigenvalue weighted by molar-refractivity contribution is 0.112. The molecular formula is C19H19N3O2S. The maximum Gasteiger partial charge on any atom is 0.269 e. The number of thioether (sulfide) groups is 1. The predicted molar refractivity (Wildman–Crippen MR) is 96.8 cm³/mol. The summed E-state index contributed by atoms with van der Waals surface area (Å²) in [7, 11) is 0. The van der Waals surface area contributed by atoms with Crippen LogP contribution >= 0.6 is 11.8 Å². The minimum atomic E-state index is -0.359. The topological polar surface area (TPSA) is 86.6 Å². The number of benzene rings is 1. The first-order valence-corrected chi connectivity index (χ1v) is 9.41. The monoisotopic (exact) mass is 353 g/mol. The number of carbonyl (C=O) groups is 1. The fourth-order valence-corrected chi connectivity index (χ4v) is 4.04. The third-order valence-corrected chi connectivity index (χ3v) is 5.44. The van der Waals surface area contributed by atoms with E-state index >= 15 is 0 Å². The largest absolute Gasteiger partial charge is 0.300 e.